The maximum atomic E-state index is 13.7. The van der Waals surface area contributed by atoms with Crippen molar-refractivity contribution in [2.75, 3.05) is 0 Å². The molecule has 2 aromatic carbocycles. The molecule has 0 fully saturated rings. The summed E-state index contributed by atoms with van der Waals surface area (Å²) in [4.78, 5) is 0. The first-order valence-electron chi connectivity index (χ1n) is 5.44. The van der Waals surface area contributed by atoms with Gasteiger partial charge in [0.05, 0.1) is 5.38 Å². The fraction of sp³-hybridized carbons (Fsp3) is 0.143. The number of halogens is 5. The zero-order valence-electron chi connectivity index (χ0n) is 9.85. The van der Waals surface area contributed by atoms with Gasteiger partial charge in [-0.05, 0) is 30.2 Å². The molecule has 0 spiro atoms. The lowest BCUT2D eigenvalue weighted by Crippen LogP contribution is -2.03. The van der Waals surface area contributed by atoms with Gasteiger partial charge in [-0.3, -0.25) is 0 Å². The van der Waals surface area contributed by atoms with Gasteiger partial charge in [0, 0.05) is 22.7 Å². The molecule has 0 aromatic heterocycles. The average molecular weight is 305 g/mol. The van der Waals surface area contributed by atoms with E-state index in [-0.39, 0.29) is 5.56 Å². The minimum atomic E-state index is -1.07. The minimum Gasteiger partial charge on any atom is -0.207 e. The molecule has 19 heavy (non-hydrogen) atoms. The van der Waals surface area contributed by atoms with Crippen LogP contribution in [0.15, 0.2) is 30.3 Å². The molecule has 2 rings (SSSR count). The van der Waals surface area contributed by atoms with Crippen LogP contribution in [0, 0.1) is 24.4 Å². The lowest BCUT2D eigenvalue weighted by molar-refractivity contribution is 0.526. The van der Waals surface area contributed by atoms with Crippen molar-refractivity contribution < 1.29 is 13.2 Å². The van der Waals surface area contributed by atoms with Gasteiger partial charge in [0.25, 0.3) is 0 Å². The molecule has 0 heterocycles. The number of rotatable bonds is 2. The van der Waals surface area contributed by atoms with Gasteiger partial charge >= 0.3 is 0 Å². The molecule has 1 atom stereocenters. The predicted molar refractivity (Wildman–Crippen MR) is 70.2 cm³/mol. The van der Waals surface area contributed by atoms with E-state index in [4.69, 9.17) is 23.2 Å². The number of hydrogen-bond donors (Lipinski definition) is 0. The molecule has 0 saturated heterocycles. The molecule has 100 valence electrons. The van der Waals surface area contributed by atoms with Gasteiger partial charge in [-0.15, -0.1) is 11.6 Å². The Balaban J connectivity index is 2.56. The van der Waals surface area contributed by atoms with E-state index in [0.717, 1.165) is 5.56 Å². The van der Waals surface area contributed by atoms with Crippen molar-refractivity contribution in [3.8, 4) is 0 Å². The maximum Gasteiger partial charge on any atom is 0.134 e. The van der Waals surface area contributed by atoms with Gasteiger partial charge in [0.2, 0.25) is 0 Å². The first-order valence-corrected chi connectivity index (χ1v) is 6.26. The summed E-state index contributed by atoms with van der Waals surface area (Å²) in [6, 6.07) is 6.10. The monoisotopic (exact) mass is 304 g/mol. The zero-order chi connectivity index (χ0) is 14.2. The lowest BCUT2D eigenvalue weighted by Gasteiger charge is -2.15. The van der Waals surface area contributed by atoms with Crippen molar-refractivity contribution >= 4 is 23.2 Å². The van der Waals surface area contributed by atoms with Crippen molar-refractivity contribution in [3.63, 3.8) is 0 Å². The first-order chi connectivity index (χ1) is 8.90. The fourth-order valence-electron chi connectivity index (χ4n) is 1.84. The van der Waals surface area contributed by atoms with E-state index in [2.05, 4.69) is 0 Å². The molecule has 0 amide bonds. The Morgan fingerprint density at radius 3 is 2.16 bits per heavy atom. The van der Waals surface area contributed by atoms with Gasteiger partial charge in [-0.1, -0.05) is 17.7 Å². The standard InChI is InChI=1S/C14H9Cl2F3/c1-7-2-3-8(15)4-10(7)14(16)13-11(18)5-9(17)6-12(13)19/h2-6,14H,1H3. The first kappa shape index (κ1) is 14.2. The molecule has 0 aliphatic carbocycles. The van der Waals surface area contributed by atoms with Gasteiger partial charge in [0.1, 0.15) is 17.5 Å². The average Bonchev–Trinajstić information content (AvgIpc) is 2.30. The number of hydrogen-bond acceptors (Lipinski definition) is 0. The Kier molecular flexibility index (Phi) is 4.07. The second-order valence-electron chi connectivity index (χ2n) is 4.15. The zero-order valence-corrected chi connectivity index (χ0v) is 11.4. The molecule has 5 heteroatoms. The predicted octanol–water partition coefficient (Wildman–Crippen LogP) is 5.39. The summed E-state index contributed by atoms with van der Waals surface area (Å²) in [5, 5.41) is -0.659. The van der Waals surface area contributed by atoms with E-state index < -0.39 is 22.8 Å². The van der Waals surface area contributed by atoms with Crippen LogP contribution in [0.5, 0.6) is 0 Å². The van der Waals surface area contributed by atoms with Crippen LogP contribution in [0.25, 0.3) is 0 Å². The van der Waals surface area contributed by atoms with Crippen LogP contribution in [0.3, 0.4) is 0 Å². The molecule has 2 aromatic rings. The molecule has 0 nitrogen and oxygen atoms in total. The molecule has 0 aliphatic rings. The molecule has 0 radical (unpaired) electrons. The summed E-state index contributed by atoms with van der Waals surface area (Å²) in [7, 11) is 0. The highest BCUT2D eigenvalue weighted by Crippen LogP contribution is 2.35. The summed E-state index contributed by atoms with van der Waals surface area (Å²) in [6.07, 6.45) is 0. The fourth-order valence-corrected chi connectivity index (χ4v) is 2.46. The summed E-state index contributed by atoms with van der Waals surface area (Å²) < 4.78 is 40.2. The van der Waals surface area contributed by atoms with Crippen LogP contribution >= 0.6 is 23.2 Å². The highest BCUT2D eigenvalue weighted by molar-refractivity contribution is 6.31. The van der Waals surface area contributed by atoms with Crippen molar-refractivity contribution in [2.24, 2.45) is 0 Å². The third-order valence-electron chi connectivity index (χ3n) is 2.81. The topological polar surface area (TPSA) is 0 Å². The molecule has 0 bridgehead atoms. The molecule has 1 unspecified atom stereocenters. The normalized spacial score (nSPS) is 12.5. The van der Waals surface area contributed by atoms with Gasteiger partial charge in [-0.2, -0.15) is 0 Å². The van der Waals surface area contributed by atoms with E-state index in [9.17, 15) is 13.2 Å². The largest absolute Gasteiger partial charge is 0.207 e. The van der Waals surface area contributed by atoms with Crippen molar-refractivity contribution in [2.45, 2.75) is 12.3 Å². The summed E-state index contributed by atoms with van der Waals surface area (Å²) in [6.45, 7) is 1.75. The Labute approximate surface area is 118 Å². The van der Waals surface area contributed by atoms with Crippen LogP contribution in [-0.4, -0.2) is 0 Å². The van der Waals surface area contributed by atoms with E-state index in [0.29, 0.717) is 22.7 Å². The van der Waals surface area contributed by atoms with Crippen molar-refractivity contribution in [1.29, 1.82) is 0 Å². The highest BCUT2D eigenvalue weighted by Gasteiger charge is 2.22. The Bertz CT molecular complexity index is 603. The van der Waals surface area contributed by atoms with Crippen LogP contribution in [-0.2, 0) is 0 Å². The Hall–Kier alpha value is -1.19. The molecule has 0 aliphatic heterocycles. The lowest BCUT2D eigenvalue weighted by atomic mass is 9.99. The minimum absolute atomic E-state index is 0.381. The number of alkyl halides is 1. The van der Waals surface area contributed by atoms with Crippen LogP contribution in [0.1, 0.15) is 22.1 Å². The second-order valence-corrected chi connectivity index (χ2v) is 5.02. The number of aryl methyl sites for hydroxylation is 1. The SMILES string of the molecule is Cc1ccc(Cl)cc1C(Cl)c1c(F)cc(F)cc1F. The van der Waals surface area contributed by atoms with Gasteiger partial charge in [-0.25, -0.2) is 13.2 Å². The smallest absolute Gasteiger partial charge is 0.134 e. The quantitative estimate of drug-likeness (QED) is 0.652. The van der Waals surface area contributed by atoms with Crippen molar-refractivity contribution in [1.82, 2.24) is 0 Å². The van der Waals surface area contributed by atoms with Crippen LogP contribution < -0.4 is 0 Å². The van der Waals surface area contributed by atoms with Crippen LogP contribution in [0.2, 0.25) is 5.02 Å². The summed E-state index contributed by atoms with van der Waals surface area (Å²) in [5.41, 5.74) is 0.847. The second kappa shape index (κ2) is 5.43. The van der Waals surface area contributed by atoms with E-state index in [1.54, 1.807) is 19.1 Å². The van der Waals surface area contributed by atoms with Crippen LogP contribution in [0.4, 0.5) is 13.2 Å². The molecular formula is C14H9Cl2F3. The van der Waals surface area contributed by atoms with E-state index in [1.165, 1.54) is 6.07 Å². The Morgan fingerprint density at radius 1 is 1.00 bits per heavy atom. The van der Waals surface area contributed by atoms with Crippen molar-refractivity contribution in [3.05, 3.63) is 69.5 Å². The van der Waals surface area contributed by atoms with E-state index >= 15 is 0 Å². The Morgan fingerprint density at radius 2 is 1.58 bits per heavy atom. The molecule has 0 N–H and O–H groups in total. The molecular weight excluding hydrogens is 296 g/mol. The van der Waals surface area contributed by atoms with Gasteiger partial charge < -0.3 is 0 Å². The number of benzene rings is 2. The maximum absolute atomic E-state index is 13.7. The summed E-state index contributed by atoms with van der Waals surface area (Å²) in [5.74, 6) is -3.01. The third-order valence-corrected chi connectivity index (χ3v) is 3.50. The van der Waals surface area contributed by atoms with E-state index in [1.807, 2.05) is 0 Å². The van der Waals surface area contributed by atoms with Gasteiger partial charge in [0.15, 0.2) is 0 Å². The highest BCUT2D eigenvalue weighted by atomic mass is 35.5. The summed E-state index contributed by atoms with van der Waals surface area (Å²) >= 11 is 12.0. The third kappa shape index (κ3) is 2.88. The molecule has 0 saturated carbocycles.